The van der Waals surface area contributed by atoms with E-state index in [2.05, 4.69) is 10.1 Å². The quantitative estimate of drug-likeness (QED) is 0.412. The maximum atomic E-state index is 11.3. The molecule has 92 valence electrons. The topological polar surface area (TPSA) is 81.4 Å². The maximum Gasteiger partial charge on any atom is 0.332 e. The largest absolute Gasteiger partial charge is 0.467 e. The fraction of sp³-hybridized carbons (Fsp3) is 0.818. The van der Waals surface area contributed by atoms with Crippen LogP contribution in [0.5, 0.6) is 0 Å². The molecule has 0 aromatic heterocycles. The molecule has 1 saturated carbocycles. The molecule has 5 nitrogen and oxygen atoms in total. The average Bonchev–Trinajstić information content (AvgIpc) is 2.52. The molecule has 1 fully saturated rings. The Morgan fingerprint density at radius 1 is 1.25 bits per heavy atom. The van der Waals surface area contributed by atoms with Gasteiger partial charge in [-0.1, -0.05) is 25.7 Å². The van der Waals surface area contributed by atoms with E-state index in [9.17, 15) is 9.59 Å². The first kappa shape index (κ1) is 13.0. The van der Waals surface area contributed by atoms with Crippen LogP contribution in [-0.2, 0) is 14.3 Å². The molecule has 0 aromatic rings. The van der Waals surface area contributed by atoms with E-state index in [1.165, 1.54) is 20.0 Å². The minimum Gasteiger partial charge on any atom is -0.467 e. The number of esters is 1. The molecular formula is C11H20N2O3. The first-order valence-electron chi connectivity index (χ1n) is 5.78. The van der Waals surface area contributed by atoms with Gasteiger partial charge in [0.25, 0.3) is 0 Å². The van der Waals surface area contributed by atoms with Crippen LogP contribution < -0.4 is 11.1 Å². The third kappa shape index (κ3) is 3.81. The first-order valence-corrected chi connectivity index (χ1v) is 5.78. The van der Waals surface area contributed by atoms with Gasteiger partial charge in [0, 0.05) is 6.04 Å². The number of nitrogens with one attached hydrogen (secondary N) is 1. The van der Waals surface area contributed by atoms with Crippen LogP contribution in [0.15, 0.2) is 0 Å². The summed E-state index contributed by atoms with van der Waals surface area (Å²) in [6.07, 6.45) is 6.67. The minimum absolute atomic E-state index is 0.194. The van der Waals surface area contributed by atoms with Gasteiger partial charge in [0.15, 0.2) is 6.04 Å². The van der Waals surface area contributed by atoms with Crippen molar-refractivity contribution in [1.82, 2.24) is 5.32 Å². The van der Waals surface area contributed by atoms with Crippen molar-refractivity contribution in [3.8, 4) is 0 Å². The third-order valence-corrected chi connectivity index (χ3v) is 2.98. The lowest BCUT2D eigenvalue weighted by molar-refractivity contribution is -0.146. The molecule has 16 heavy (non-hydrogen) atoms. The second-order valence-electron chi connectivity index (χ2n) is 4.21. The molecule has 0 saturated heterocycles. The van der Waals surface area contributed by atoms with Crippen molar-refractivity contribution in [1.29, 1.82) is 0 Å². The molecule has 5 heteroatoms. The Kier molecular flexibility index (Phi) is 5.25. The van der Waals surface area contributed by atoms with Crippen molar-refractivity contribution in [3.63, 3.8) is 0 Å². The fourth-order valence-electron chi connectivity index (χ4n) is 2.07. The van der Waals surface area contributed by atoms with E-state index >= 15 is 0 Å². The predicted molar refractivity (Wildman–Crippen MR) is 59.6 cm³/mol. The van der Waals surface area contributed by atoms with E-state index in [1.807, 2.05) is 0 Å². The standard InChI is InChI=1S/C11H20N2O3/c1-16-11(15)9(10(12)14)13-8-6-4-2-3-5-7-8/h8-9,13H,2-7H2,1H3,(H2,12,14). The minimum atomic E-state index is -1.01. The maximum absolute atomic E-state index is 11.3. The number of hydrogen-bond acceptors (Lipinski definition) is 4. The van der Waals surface area contributed by atoms with Crippen molar-refractivity contribution in [2.24, 2.45) is 5.73 Å². The molecule has 1 aliphatic carbocycles. The van der Waals surface area contributed by atoms with Crippen molar-refractivity contribution >= 4 is 11.9 Å². The SMILES string of the molecule is COC(=O)C(NC1CCCCCC1)C(N)=O. The summed E-state index contributed by atoms with van der Waals surface area (Å²) in [5.41, 5.74) is 5.17. The molecule has 1 aliphatic rings. The smallest absolute Gasteiger partial charge is 0.332 e. The molecule has 1 amide bonds. The van der Waals surface area contributed by atoms with Gasteiger partial charge in [-0.05, 0) is 12.8 Å². The lowest BCUT2D eigenvalue weighted by Crippen LogP contribution is -2.51. The van der Waals surface area contributed by atoms with E-state index in [-0.39, 0.29) is 6.04 Å². The van der Waals surface area contributed by atoms with E-state index in [1.54, 1.807) is 0 Å². The van der Waals surface area contributed by atoms with Gasteiger partial charge in [-0.2, -0.15) is 0 Å². The summed E-state index contributed by atoms with van der Waals surface area (Å²) in [5, 5.41) is 3.00. The van der Waals surface area contributed by atoms with Crippen LogP contribution in [0.3, 0.4) is 0 Å². The number of primary amides is 1. The van der Waals surface area contributed by atoms with Crippen LogP contribution in [0.4, 0.5) is 0 Å². The molecule has 0 spiro atoms. The number of ether oxygens (including phenoxy) is 1. The van der Waals surface area contributed by atoms with Crippen LogP contribution >= 0.6 is 0 Å². The summed E-state index contributed by atoms with van der Waals surface area (Å²) in [7, 11) is 1.26. The van der Waals surface area contributed by atoms with Crippen LogP contribution in [0.25, 0.3) is 0 Å². The van der Waals surface area contributed by atoms with Gasteiger partial charge in [0.05, 0.1) is 7.11 Å². The van der Waals surface area contributed by atoms with Crippen LogP contribution in [0.2, 0.25) is 0 Å². The Hall–Kier alpha value is -1.10. The van der Waals surface area contributed by atoms with Gasteiger partial charge in [0.2, 0.25) is 5.91 Å². The van der Waals surface area contributed by atoms with E-state index in [0.29, 0.717) is 0 Å². The number of carbonyl (C=O) groups is 2. The predicted octanol–water partition coefficient (Wildman–Crippen LogP) is 0.326. The molecule has 0 bridgehead atoms. The highest BCUT2D eigenvalue weighted by Gasteiger charge is 2.28. The van der Waals surface area contributed by atoms with Crippen LogP contribution in [0.1, 0.15) is 38.5 Å². The summed E-state index contributed by atoms with van der Waals surface area (Å²) in [6.45, 7) is 0. The Morgan fingerprint density at radius 3 is 2.25 bits per heavy atom. The molecule has 0 aromatic carbocycles. The van der Waals surface area contributed by atoms with E-state index in [4.69, 9.17) is 5.73 Å². The second kappa shape index (κ2) is 6.48. The highest BCUT2D eigenvalue weighted by Crippen LogP contribution is 2.17. The van der Waals surface area contributed by atoms with Crippen molar-refractivity contribution in [2.75, 3.05) is 7.11 Å². The van der Waals surface area contributed by atoms with E-state index in [0.717, 1.165) is 25.7 Å². The van der Waals surface area contributed by atoms with Crippen molar-refractivity contribution in [2.45, 2.75) is 50.6 Å². The number of nitrogens with two attached hydrogens (primary N) is 1. The normalized spacial score (nSPS) is 19.8. The fourth-order valence-corrected chi connectivity index (χ4v) is 2.07. The summed E-state index contributed by atoms with van der Waals surface area (Å²) < 4.78 is 4.54. The monoisotopic (exact) mass is 228 g/mol. The summed E-state index contributed by atoms with van der Waals surface area (Å²) in [6, 6.07) is -0.813. The third-order valence-electron chi connectivity index (χ3n) is 2.98. The summed E-state index contributed by atoms with van der Waals surface area (Å²) >= 11 is 0. The highest BCUT2D eigenvalue weighted by molar-refractivity contribution is 6.01. The molecular weight excluding hydrogens is 208 g/mol. The lowest BCUT2D eigenvalue weighted by Gasteiger charge is -2.20. The molecule has 0 aliphatic heterocycles. The molecule has 1 rings (SSSR count). The van der Waals surface area contributed by atoms with Gasteiger partial charge in [-0.3, -0.25) is 10.1 Å². The number of rotatable bonds is 4. The Labute approximate surface area is 95.7 Å². The van der Waals surface area contributed by atoms with Gasteiger partial charge >= 0.3 is 5.97 Å². The van der Waals surface area contributed by atoms with Gasteiger partial charge < -0.3 is 10.5 Å². The van der Waals surface area contributed by atoms with Gasteiger partial charge in [0.1, 0.15) is 0 Å². The Bertz CT molecular complexity index is 248. The number of carbonyl (C=O) groups excluding carboxylic acids is 2. The summed E-state index contributed by atoms with van der Waals surface area (Å²) in [4.78, 5) is 22.4. The molecule has 0 radical (unpaired) electrons. The Morgan fingerprint density at radius 2 is 1.81 bits per heavy atom. The van der Waals surface area contributed by atoms with Crippen molar-refractivity contribution < 1.29 is 14.3 Å². The zero-order valence-corrected chi connectivity index (χ0v) is 9.70. The van der Waals surface area contributed by atoms with Gasteiger partial charge in [-0.15, -0.1) is 0 Å². The number of methoxy groups -OCH3 is 1. The second-order valence-corrected chi connectivity index (χ2v) is 4.21. The highest BCUT2D eigenvalue weighted by atomic mass is 16.5. The molecule has 0 heterocycles. The molecule has 3 N–H and O–H groups in total. The lowest BCUT2D eigenvalue weighted by atomic mass is 10.1. The Balaban J connectivity index is 2.52. The zero-order valence-electron chi connectivity index (χ0n) is 9.70. The van der Waals surface area contributed by atoms with Crippen LogP contribution in [0, 0.1) is 0 Å². The first-order chi connectivity index (χ1) is 7.65. The zero-order chi connectivity index (χ0) is 12.0. The van der Waals surface area contributed by atoms with Crippen LogP contribution in [-0.4, -0.2) is 31.1 Å². The number of hydrogen-bond donors (Lipinski definition) is 2. The van der Waals surface area contributed by atoms with Gasteiger partial charge in [-0.25, -0.2) is 4.79 Å². The van der Waals surface area contributed by atoms with E-state index < -0.39 is 17.9 Å². The average molecular weight is 228 g/mol. The number of amides is 1. The van der Waals surface area contributed by atoms with Crippen molar-refractivity contribution in [3.05, 3.63) is 0 Å². The molecule has 1 atom stereocenters. The summed E-state index contributed by atoms with van der Waals surface area (Å²) in [5.74, 6) is -1.27. The molecule has 1 unspecified atom stereocenters.